The largest absolute Gasteiger partial charge is 0.493 e. The van der Waals surface area contributed by atoms with Crippen molar-refractivity contribution in [2.45, 2.75) is 13.8 Å². The molecule has 0 aliphatic carbocycles. The second-order valence-electron chi connectivity index (χ2n) is 5.95. The van der Waals surface area contributed by atoms with Gasteiger partial charge in [0, 0.05) is 37.0 Å². The van der Waals surface area contributed by atoms with Crippen LogP contribution in [0.25, 0.3) is 0 Å². The summed E-state index contributed by atoms with van der Waals surface area (Å²) in [5.74, 6) is 0.191. The Hall–Kier alpha value is -3.55. The van der Waals surface area contributed by atoms with Crippen LogP contribution in [0.15, 0.2) is 42.5 Å². The lowest BCUT2D eigenvalue weighted by Gasteiger charge is -2.21. The van der Waals surface area contributed by atoms with E-state index in [0.717, 1.165) is 0 Å². The van der Waals surface area contributed by atoms with Crippen LogP contribution in [0.4, 0.5) is 17.1 Å². The highest BCUT2D eigenvalue weighted by molar-refractivity contribution is 6.02. The Labute approximate surface area is 163 Å². The molecule has 2 aromatic rings. The van der Waals surface area contributed by atoms with Crippen molar-refractivity contribution in [1.82, 2.24) is 0 Å². The van der Waals surface area contributed by atoms with Crippen molar-refractivity contribution < 1.29 is 23.9 Å². The van der Waals surface area contributed by atoms with E-state index in [0.29, 0.717) is 28.6 Å². The van der Waals surface area contributed by atoms with Crippen molar-refractivity contribution in [3.8, 4) is 11.5 Å². The molecule has 0 aliphatic rings. The molecular formula is C20H23N3O5. The highest BCUT2D eigenvalue weighted by atomic mass is 16.5. The zero-order valence-electron chi connectivity index (χ0n) is 16.2. The summed E-state index contributed by atoms with van der Waals surface area (Å²) < 4.78 is 10.4. The number of rotatable bonds is 7. The van der Waals surface area contributed by atoms with E-state index < -0.39 is 0 Å². The summed E-state index contributed by atoms with van der Waals surface area (Å²) in [6.45, 7) is 2.63. The van der Waals surface area contributed by atoms with E-state index >= 15 is 0 Å². The number of benzene rings is 2. The van der Waals surface area contributed by atoms with Gasteiger partial charge in [0.1, 0.15) is 6.54 Å². The van der Waals surface area contributed by atoms with E-state index in [-0.39, 0.29) is 24.3 Å². The molecule has 0 aliphatic heterocycles. The number of amides is 3. The number of carbonyl (C=O) groups is 3. The Balaban J connectivity index is 2.10. The van der Waals surface area contributed by atoms with Crippen LogP contribution in [0.1, 0.15) is 13.8 Å². The quantitative estimate of drug-likeness (QED) is 0.764. The van der Waals surface area contributed by atoms with Crippen molar-refractivity contribution in [2.75, 3.05) is 36.3 Å². The van der Waals surface area contributed by atoms with Crippen LogP contribution in [0.5, 0.6) is 11.5 Å². The fourth-order valence-corrected chi connectivity index (χ4v) is 2.57. The molecule has 0 bridgehead atoms. The highest BCUT2D eigenvalue weighted by Crippen LogP contribution is 2.29. The molecule has 0 saturated heterocycles. The summed E-state index contributed by atoms with van der Waals surface area (Å²) >= 11 is 0. The molecule has 0 saturated carbocycles. The van der Waals surface area contributed by atoms with Crippen LogP contribution in [-0.4, -0.2) is 38.5 Å². The second-order valence-corrected chi connectivity index (χ2v) is 5.95. The number of hydrogen-bond donors (Lipinski definition) is 2. The first-order valence-electron chi connectivity index (χ1n) is 8.51. The van der Waals surface area contributed by atoms with Gasteiger partial charge in [-0.3, -0.25) is 14.4 Å². The summed E-state index contributed by atoms with van der Waals surface area (Å²) in [5.41, 5.74) is 1.67. The molecular weight excluding hydrogens is 362 g/mol. The van der Waals surface area contributed by atoms with Gasteiger partial charge in [-0.15, -0.1) is 0 Å². The summed E-state index contributed by atoms with van der Waals surface area (Å²) in [6, 6.07) is 11.7. The van der Waals surface area contributed by atoms with Crippen LogP contribution in [0, 0.1) is 0 Å². The maximum atomic E-state index is 12.4. The fraction of sp³-hybridized carbons (Fsp3) is 0.250. The number of nitrogens with zero attached hydrogens (tertiary/aromatic N) is 1. The van der Waals surface area contributed by atoms with Crippen LogP contribution >= 0.6 is 0 Å². The molecule has 0 fully saturated rings. The van der Waals surface area contributed by atoms with Crippen LogP contribution in [0.2, 0.25) is 0 Å². The monoisotopic (exact) mass is 385 g/mol. The topological polar surface area (TPSA) is 97.0 Å². The molecule has 0 aromatic heterocycles. The zero-order chi connectivity index (χ0) is 20.7. The molecule has 148 valence electrons. The number of hydrogen-bond acceptors (Lipinski definition) is 5. The summed E-state index contributed by atoms with van der Waals surface area (Å²) in [7, 11) is 3.03. The molecule has 8 nitrogen and oxygen atoms in total. The predicted octanol–water partition coefficient (Wildman–Crippen LogP) is 2.65. The van der Waals surface area contributed by atoms with Crippen molar-refractivity contribution in [1.29, 1.82) is 0 Å². The third-order valence-corrected chi connectivity index (χ3v) is 3.85. The average molecular weight is 385 g/mol. The highest BCUT2D eigenvalue weighted by Gasteiger charge is 2.16. The summed E-state index contributed by atoms with van der Waals surface area (Å²) in [4.78, 5) is 36.9. The molecule has 2 rings (SSSR count). The van der Waals surface area contributed by atoms with Gasteiger partial charge in [0.15, 0.2) is 11.5 Å². The van der Waals surface area contributed by atoms with E-state index in [9.17, 15) is 14.4 Å². The molecule has 0 heterocycles. The van der Waals surface area contributed by atoms with Crippen molar-refractivity contribution in [2.24, 2.45) is 0 Å². The van der Waals surface area contributed by atoms with E-state index in [1.165, 1.54) is 33.0 Å². The van der Waals surface area contributed by atoms with E-state index in [1.807, 2.05) is 0 Å². The normalized spacial score (nSPS) is 10.0. The van der Waals surface area contributed by atoms with Crippen LogP contribution < -0.4 is 25.0 Å². The Morgan fingerprint density at radius 2 is 1.46 bits per heavy atom. The van der Waals surface area contributed by atoms with Gasteiger partial charge in [-0.05, 0) is 36.4 Å². The lowest BCUT2D eigenvalue weighted by molar-refractivity contribution is -0.120. The maximum absolute atomic E-state index is 12.4. The number of methoxy groups -OCH3 is 2. The fourth-order valence-electron chi connectivity index (χ4n) is 2.57. The van der Waals surface area contributed by atoms with Crippen LogP contribution in [0.3, 0.4) is 0 Å². The molecule has 3 amide bonds. The van der Waals surface area contributed by atoms with Gasteiger partial charge in [-0.2, -0.15) is 0 Å². The van der Waals surface area contributed by atoms with Gasteiger partial charge in [-0.1, -0.05) is 0 Å². The minimum absolute atomic E-state index is 0.164. The first kappa shape index (κ1) is 20.8. The number of carbonyl (C=O) groups excluding carboxylic acids is 3. The SMILES string of the molecule is COc1ccc(NC(=O)CN(C(C)=O)c2ccc(NC(C)=O)cc2)cc1OC. The third-order valence-electron chi connectivity index (χ3n) is 3.85. The van der Waals surface area contributed by atoms with Crippen molar-refractivity contribution in [3.63, 3.8) is 0 Å². The van der Waals surface area contributed by atoms with Crippen LogP contribution in [-0.2, 0) is 14.4 Å². The van der Waals surface area contributed by atoms with Gasteiger partial charge in [0.25, 0.3) is 0 Å². The average Bonchev–Trinajstić information content (AvgIpc) is 2.66. The van der Waals surface area contributed by atoms with Gasteiger partial charge in [-0.25, -0.2) is 0 Å². The Morgan fingerprint density at radius 1 is 0.857 bits per heavy atom. The zero-order valence-corrected chi connectivity index (χ0v) is 16.2. The van der Waals surface area contributed by atoms with Gasteiger partial charge >= 0.3 is 0 Å². The summed E-state index contributed by atoms with van der Waals surface area (Å²) in [6.07, 6.45) is 0. The molecule has 0 radical (unpaired) electrons. The molecule has 8 heteroatoms. The number of nitrogens with one attached hydrogen (secondary N) is 2. The predicted molar refractivity (Wildman–Crippen MR) is 107 cm³/mol. The molecule has 0 atom stereocenters. The second kappa shape index (κ2) is 9.40. The van der Waals surface area contributed by atoms with E-state index in [2.05, 4.69) is 10.6 Å². The number of anilines is 3. The smallest absolute Gasteiger partial charge is 0.244 e. The van der Waals surface area contributed by atoms with E-state index in [1.54, 1.807) is 42.5 Å². The molecule has 2 aromatic carbocycles. The maximum Gasteiger partial charge on any atom is 0.244 e. The molecule has 28 heavy (non-hydrogen) atoms. The standard InChI is InChI=1S/C20H23N3O5/c1-13(24)21-15-5-8-17(9-6-15)23(14(2)25)12-20(26)22-16-7-10-18(27-3)19(11-16)28-4/h5-11H,12H2,1-4H3,(H,21,24)(H,22,26). The summed E-state index contributed by atoms with van der Waals surface area (Å²) in [5, 5.41) is 5.39. The van der Waals surface area contributed by atoms with Crippen molar-refractivity contribution >= 4 is 34.8 Å². The van der Waals surface area contributed by atoms with E-state index in [4.69, 9.17) is 9.47 Å². The Kier molecular flexibility index (Phi) is 6.97. The van der Waals surface area contributed by atoms with Gasteiger partial charge in [0.2, 0.25) is 17.7 Å². The van der Waals surface area contributed by atoms with Gasteiger partial charge < -0.3 is 25.0 Å². The lowest BCUT2D eigenvalue weighted by Crippen LogP contribution is -2.36. The van der Waals surface area contributed by atoms with Gasteiger partial charge in [0.05, 0.1) is 14.2 Å². The molecule has 2 N–H and O–H groups in total. The third kappa shape index (κ3) is 5.47. The number of ether oxygens (including phenoxy) is 2. The molecule has 0 spiro atoms. The molecule has 0 unspecified atom stereocenters. The first-order valence-corrected chi connectivity index (χ1v) is 8.51. The minimum atomic E-state index is -0.367. The van der Waals surface area contributed by atoms with Crippen molar-refractivity contribution in [3.05, 3.63) is 42.5 Å². The first-order chi connectivity index (χ1) is 13.3. The Morgan fingerprint density at radius 3 is 2.00 bits per heavy atom. The Bertz CT molecular complexity index is 865. The lowest BCUT2D eigenvalue weighted by atomic mass is 10.2. The minimum Gasteiger partial charge on any atom is -0.493 e.